The Kier molecular flexibility index (Phi) is 7.29. The summed E-state index contributed by atoms with van der Waals surface area (Å²) in [6.45, 7) is 5.04. The van der Waals surface area contributed by atoms with Crippen LogP contribution in [0.5, 0.6) is 0 Å². The molecule has 192 valence electrons. The van der Waals surface area contributed by atoms with Crippen molar-refractivity contribution in [3.8, 4) is 0 Å². The molecule has 0 aliphatic carbocycles. The van der Waals surface area contributed by atoms with Crippen LogP contribution in [0.1, 0.15) is 40.7 Å². The monoisotopic (exact) mass is 522 g/mol. The van der Waals surface area contributed by atoms with Crippen LogP contribution in [-0.2, 0) is 27.2 Å². The number of aryl methyl sites for hydroxylation is 3. The Morgan fingerprint density at radius 1 is 0.914 bits per heavy atom. The number of hydrogen-bond acceptors (Lipinski definition) is 3. The maximum atomic E-state index is 13.3. The van der Waals surface area contributed by atoms with E-state index in [0.29, 0.717) is 29.7 Å². The average Bonchev–Trinajstić information content (AvgIpc) is 2.71. The van der Waals surface area contributed by atoms with Gasteiger partial charge >= 0.3 is 12.4 Å². The van der Waals surface area contributed by atoms with Crippen molar-refractivity contribution < 1.29 is 39.6 Å². The Morgan fingerprint density at radius 3 is 1.91 bits per heavy atom. The molecule has 0 bridgehead atoms. The third-order valence-corrected chi connectivity index (χ3v) is 7.98. The Labute approximate surface area is 199 Å². The summed E-state index contributed by atoms with van der Waals surface area (Å²) in [6, 6.07) is 4.25. The molecule has 35 heavy (non-hydrogen) atoms. The van der Waals surface area contributed by atoms with E-state index in [-0.39, 0.29) is 30.5 Å². The lowest BCUT2D eigenvalue weighted by molar-refractivity contribution is -0.143. The second-order valence-corrected chi connectivity index (χ2v) is 10.6. The van der Waals surface area contributed by atoms with E-state index >= 15 is 0 Å². The fourth-order valence-electron chi connectivity index (χ4n) is 4.35. The molecule has 1 amide bonds. The summed E-state index contributed by atoms with van der Waals surface area (Å²) in [5, 5.41) is 2.12. The Hall–Kier alpha value is -2.60. The van der Waals surface area contributed by atoms with Crippen LogP contribution < -0.4 is 5.32 Å². The molecular formula is C23H24F6N2O3S. The van der Waals surface area contributed by atoms with Crippen molar-refractivity contribution in [3.63, 3.8) is 0 Å². The first kappa shape index (κ1) is 27.0. The molecule has 0 radical (unpaired) electrons. The van der Waals surface area contributed by atoms with Gasteiger partial charge in [0.1, 0.15) is 0 Å². The van der Waals surface area contributed by atoms with Crippen molar-refractivity contribution >= 4 is 21.6 Å². The lowest BCUT2D eigenvalue weighted by atomic mass is 9.98. The topological polar surface area (TPSA) is 66.5 Å². The first-order valence-corrected chi connectivity index (χ1v) is 12.1. The van der Waals surface area contributed by atoms with E-state index in [1.165, 1.54) is 0 Å². The van der Waals surface area contributed by atoms with Crippen LogP contribution in [0.4, 0.5) is 32.0 Å². The standard InChI is InChI=1S/C23H24F6N2O3S/c1-13-7-14(2)20(15(3)8-13)35(33,34)31-6-4-5-16(12-31)21(32)30-19-10-17(22(24,25)26)9-18(11-19)23(27,28)29/h7-11,16H,4-6,12H2,1-3H3,(H,30,32)/t16-/m0/s1. The van der Waals surface area contributed by atoms with Gasteiger partial charge in [-0.15, -0.1) is 0 Å². The van der Waals surface area contributed by atoms with Crippen LogP contribution in [0.2, 0.25) is 0 Å². The number of amides is 1. The van der Waals surface area contributed by atoms with Gasteiger partial charge in [-0.2, -0.15) is 30.6 Å². The molecule has 2 aromatic carbocycles. The molecule has 1 N–H and O–H groups in total. The van der Waals surface area contributed by atoms with E-state index in [0.717, 1.165) is 9.87 Å². The van der Waals surface area contributed by atoms with Gasteiger partial charge in [-0.05, 0) is 62.9 Å². The van der Waals surface area contributed by atoms with Crippen molar-refractivity contribution in [1.29, 1.82) is 0 Å². The third kappa shape index (κ3) is 5.97. The van der Waals surface area contributed by atoms with Crippen LogP contribution in [-0.4, -0.2) is 31.7 Å². The zero-order valence-electron chi connectivity index (χ0n) is 19.1. The average molecular weight is 523 g/mol. The Bertz CT molecular complexity index is 1180. The predicted molar refractivity (Wildman–Crippen MR) is 117 cm³/mol. The van der Waals surface area contributed by atoms with E-state index < -0.39 is 51.0 Å². The van der Waals surface area contributed by atoms with Gasteiger partial charge in [0, 0.05) is 18.8 Å². The lowest BCUT2D eigenvalue weighted by Crippen LogP contribution is -2.44. The number of hydrogen-bond donors (Lipinski definition) is 1. The first-order valence-electron chi connectivity index (χ1n) is 10.7. The highest BCUT2D eigenvalue weighted by Gasteiger charge is 2.38. The number of rotatable bonds is 4. The second kappa shape index (κ2) is 9.45. The fourth-order valence-corrected chi connectivity index (χ4v) is 6.28. The van der Waals surface area contributed by atoms with E-state index in [1.54, 1.807) is 26.0 Å². The van der Waals surface area contributed by atoms with Crippen LogP contribution in [0, 0.1) is 26.7 Å². The van der Waals surface area contributed by atoms with Gasteiger partial charge in [0.25, 0.3) is 0 Å². The normalized spacial score (nSPS) is 17.9. The summed E-state index contributed by atoms with van der Waals surface area (Å²) >= 11 is 0. The number of sulfonamides is 1. The number of nitrogens with zero attached hydrogens (tertiary/aromatic N) is 1. The molecule has 3 rings (SSSR count). The molecule has 5 nitrogen and oxygen atoms in total. The van der Waals surface area contributed by atoms with Crippen molar-refractivity contribution in [2.75, 3.05) is 18.4 Å². The minimum Gasteiger partial charge on any atom is -0.326 e. The third-order valence-electron chi connectivity index (χ3n) is 5.81. The molecule has 1 aliphatic rings. The Balaban J connectivity index is 1.86. The summed E-state index contributed by atoms with van der Waals surface area (Å²) in [5.41, 5.74) is -1.81. The van der Waals surface area contributed by atoms with Crippen LogP contribution >= 0.6 is 0 Å². The number of anilines is 1. The van der Waals surface area contributed by atoms with Crippen molar-refractivity contribution in [2.45, 2.75) is 50.9 Å². The van der Waals surface area contributed by atoms with Gasteiger partial charge in [0.05, 0.1) is 21.9 Å². The highest BCUT2D eigenvalue weighted by molar-refractivity contribution is 7.89. The number of alkyl halides is 6. The highest BCUT2D eigenvalue weighted by Crippen LogP contribution is 2.38. The number of halogens is 6. The molecule has 0 spiro atoms. The summed E-state index contributed by atoms with van der Waals surface area (Å²) in [5.74, 6) is -1.80. The van der Waals surface area contributed by atoms with Gasteiger partial charge in [-0.1, -0.05) is 17.7 Å². The molecule has 0 unspecified atom stereocenters. The smallest absolute Gasteiger partial charge is 0.326 e. The molecule has 1 heterocycles. The highest BCUT2D eigenvalue weighted by atomic mass is 32.2. The molecular weight excluding hydrogens is 498 g/mol. The van der Waals surface area contributed by atoms with E-state index in [1.807, 2.05) is 6.92 Å². The maximum Gasteiger partial charge on any atom is 0.416 e. The minimum atomic E-state index is -5.06. The maximum absolute atomic E-state index is 13.3. The lowest BCUT2D eigenvalue weighted by Gasteiger charge is -2.32. The number of carbonyl (C=O) groups is 1. The van der Waals surface area contributed by atoms with Crippen molar-refractivity contribution in [3.05, 3.63) is 58.1 Å². The zero-order valence-corrected chi connectivity index (χ0v) is 20.0. The van der Waals surface area contributed by atoms with Gasteiger partial charge in [0.15, 0.2) is 0 Å². The summed E-state index contributed by atoms with van der Waals surface area (Å²) < 4.78 is 106. The van der Waals surface area contributed by atoms with Gasteiger partial charge < -0.3 is 5.32 Å². The summed E-state index contributed by atoms with van der Waals surface area (Å²) in [6.07, 6.45) is -9.58. The van der Waals surface area contributed by atoms with Crippen LogP contribution in [0.25, 0.3) is 0 Å². The molecule has 0 saturated carbocycles. The second-order valence-electron chi connectivity index (χ2n) is 8.71. The van der Waals surface area contributed by atoms with Gasteiger partial charge in [-0.25, -0.2) is 8.42 Å². The molecule has 12 heteroatoms. The number of carbonyl (C=O) groups excluding carboxylic acids is 1. The SMILES string of the molecule is Cc1cc(C)c(S(=O)(=O)N2CCC[C@H](C(=O)Nc3cc(C(F)(F)F)cc(C(F)(F)F)c3)C2)c(C)c1. The number of piperidine rings is 1. The molecule has 1 atom stereocenters. The summed E-state index contributed by atoms with van der Waals surface area (Å²) in [7, 11) is -3.98. The molecule has 1 fully saturated rings. The van der Waals surface area contributed by atoms with E-state index in [2.05, 4.69) is 5.32 Å². The van der Waals surface area contributed by atoms with E-state index in [9.17, 15) is 39.6 Å². The predicted octanol–water partition coefficient (Wildman–Crippen LogP) is 5.69. The molecule has 1 aliphatic heterocycles. The summed E-state index contributed by atoms with van der Waals surface area (Å²) in [4.78, 5) is 12.9. The van der Waals surface area contributed by atoms with Crippen molar-refractivity contribution in [1.82, 2.24) is 4.31 Å². The largest absolute Gasteiger partial charge is 0.416 e. The van der Waals surface area contributed by atoms with Crippen LogP contribution in [0.3, 0.4) is 0 Å². The fraction of sp³-hybridized carbons (Fsp3) is 0.435. The Morgan fingerprint density at radius 2 is 1.43 bits per heavy atom. The van der Waals surface area contributed by atoms with Crippen LogP contribution in [0.15, 0.2) is 35.2 Å². The van der Waals surface area contributed by atoms with Gasteiger partial charge in [0.2, 0.25) is 15.9 Å². The zero-order chi connectivity index (χ0) is 26.3. The molecule has 2 aromatic rings. The van der Waals surface area contributed by atoms with Gasteiger partial charge in [-0.3, -0.25) is 4.79 Å². The molecule has 0 aromatic heterocycles. The van der Waals surface area contributed by atoms with Crippen molar-refractivity contribution in [2.24, 2.45) is 5.92 Å². The number of nitrogens with one attached hydrogen (secondary N) is 1. The van der Waals surface area contributed by atoms with E-state index in [4.69, 9.17) is 0 Å². The quantitative estimate of drug-likeness (QED) is 0.525. The number of benzene rings is 2. The minimum absolute atomic E-state index is 0.0309. The first-order chi connectivity index (χ1) is 16.0. The molecule has 1 saturated heterocycles.